The third-order valence-electron chi connectivity index (χ3n) is 4.33. The molecule has 7 nitrogen and oxygen atoms in total. The lowest BCUT2D eigenvalue weighted by atomic mass is 10.1. The van der Waals surface area contributed by atoms with Crippen LogP contribution in [0, 0.1) is 6.92 Å². The van der Waals surface area contributed by atoms with Crippen LogP contribution in [0.2, 0.25) is 0 Å². The second-order valence-corrected chi connectivity index (χ2v) is 8.75. The molecular formula is C20H18N4O3S2. The summed E-state index contributed by atoms with van der Waals surface area (Å²) in [6.07, 6.45) is 1.73. The van der Waals surface area contributed by atoms with Gasteiger partial charge in [-0.1, -0.05) is 12.1 Å². The van der Waals surface area contributed by atoms with Crippen LogP contribution in [0.15, 0.2) is 70.5 Å². The monoisotopic (exact) mass is 426 g/mol. The van der Waals surface area contributed by atoms with Crippen LogP contribution in [0.25, 0.3) is 11.3 Å². The molecule has 2 aromatic heterocycles. The molecule has 0 fully saturated rings. The standard InChI is InChI=1S/C20H18N4O3S2/c1-14-11-15(29(25,26)23-20-12-28-13-21-20)7-8-18(14)27-19-6-4-3-5-16(19)17-9-10-22-24(17)2/h3-13,23H,1-2H3. The number of benzene rings is 2. The Hall–Kier alpha value is -3.17. The summed E-state index contributed by atoms with van der Waals surface area (Å²) >= 11 is 1.32. The number of aryl methyl sites for hydroxylation is 2. The second kappa shape index (κ2) is 7.69. The molecule has 0 saturated carbocycles. The summed E-state index contributed by atoms with van der Waals surface area (Å²) in [5.74, 6) is 1.54. The summed E-state index contributed by atoms with van der Waals surface area (Å²) in [5.41, 5.74) is 4.09. The van der Waals surface area contributed by atoms with Crippen molar-refractivity contribution >= 4 is 27.2 Å². The lowest BCUT2D eigenvalue weighted by molar-refractivity contribution is 0.479. The summed E-state index contributed by atoms with van der Waals surface area (Å²) in [7, 11) is -1.85. The van der Waals surface area contributed by atoms with E-state index in [1.807, 2.05) is 44.3 Å². The lowest BCUT2D eigenvalue weighted by Crippen LogP contribution is -2.13. The number of para-hydroxylation sites is 1. The maximum Gasteiger partial charge on any atom is 0.263 e. The van der Waals surface area contributed by atoms with Crippen LogP contribution in [0.3, 0.4) is 0 Å². The first kappa shape index (κ1) is 19.2. The van der Waals surface area contributed by atoms with Crippen molar-refractivity contribution in [2.45, 2.75) is 11.8 Å². The van der Waals surface area contributed by atoms with Crippen molar-refractivity contribution in [2.75, 3.05) is 4.72 Å². The summed E-state index contributed by atoms with van der Waals surface area (Å²) in [4.78, 5) is 4.11. The van der Waals surface area contributed by atoms with Gasteiger partial charge in [-0.3, -0.25) is 9.40 Å². The number of aromatic nitrogens is 3. The van der Waals surface area contributed by atoms with Crippen LogP contribution in [-0.2, 0) is 17.1 Å². The van der Waals surface area contributed by atoms with Crippen molar-refractivity contribution in [3.63, 3.8) is 0 Å². The normalized spacial score (nSPS) is 11.4. The minimum absolute atomic E-state index is 0.148. The number of rotatable bonds is 6. The molecule has 0 aliphatic rings. The molecule has 0 unspecified atom stereocenters. The van der Waals surface area contributed by atoms with Gasteiger partial charge in [-0.25, -0.2) is 13.4 Å². The highest BCUT2D eigenvalue weighted by Crippen LogP contribution is 2.34. The maximum atomic E-state index is 12.6. The molecule has 0 radical (unpaired) electrons. The number of nitrogens with zero attached hydrogens (tertiary/aromatic N) is 3. The van der Waals surface area contributed by atoms with E-state index in [-0.39, 0.29) is 4.90 Å². The van der Waals surface area contributed by atoms with E-state index in [1.165, 1.54) is 17.4 Å². The molecule has 0 aliphatic heterocycles. The quantitative estimate of drug-likeness (QED) is 0.492. The molecule has 4 rings (SSSR count). The van der Waals surface area contributed by atoms with Crippen molar-refractivity contribution in [3.05, 3.63) is 71.2 Å². The number of hydrogen-bond acceptors (Lipinski definition) is 6. The molecule has 0 aliphatic carbocycles. The summed E-state index contributed by atoms with van der Waals surface area (Å²) in [6.45, 7) is 1.81. The second-order valence-electron chi connectivity index (χ2n) is 6.34. The van der Waals surface area contributed by atoms with Crippen molar-refractivity contribution in [2.24, 2.45) is 7.05 Å². The van der Waals surface area contributed by atoms with Crippen LogP contribution in [-0.4, -0.2) is 23.2 Å². The molecule has 9 heteroatoms. The highest BCUT2D eigenvalue weighted by molar-refractivity contribution is 7.92. The first-order chi connectivity index (χ1) is 13.9. The number of anilines is 1. The van der Waals surface area contributed by atoms with Crippen LogP contribution >= 0.6 is 11.3 Å². The van der Waals surface area contributed by atoms with Crippen molar-refractivity contribution in [1.29, 1.82) is 0 Å². The van der Waals surface area contributed by atoms with Gasteiger partial charge < -0.3 is 4.74 Å². The fraction of sp³-hybridized carbons (Fsp3) is 0.100. The Morgan fingerprint density at radius 2 is 1.93 bits per heavy atom. The Labute approximate surface area is 172 Å². The summed E-state index contributed by atoms with van der Waals surface area (Å²) in [6, 6.07) is 14.3. The largest absolute Gasteiger partial charge is 0.456 e. The van der Waals surface area contributed by atoms with Crippen molar-refractivity contribution in [3.8, 4) is 22.8 Å². The third kappa shape index (κ3) is 4.01. The number of thiazole rings is 1. The van der Waals surface area contributed by atoms with E-state index >= 15 is 0 Å². The van der Waals surface area contributed by atoms with Gasteiger partial charge in [0.25, 0.3) is 10.0 Å². The Bertz CT molecular complexity index is 1250. The van der Waals surface area contributed by atoms with Crippen molar-refractivity contribution < 1.29 is 13.2 Å². The van der Waals surface area contributed by atoms with E-state index in [0.29, 0.717) is 22.9 Å². The zero-order chi connectivity index (χ0) is 20.4. The van der Waals surface area contributed by atoms with Gasteiger partial charge >= 0.3 is 0 Å². The van der Waals surface area contributed by atoms with Crippen LogP contribution < -0.4 is 9.46 Å². The molecule has 0 bridgehead atoms. The van der Waals surface area contributed by atoms with Gasteiger partial charge in [0.05, 0.1) is 16.1 Å². The predicted octanol–water partition coefficient (Wildman–Crippen LogP) is 4.45. The Morgan fingerprint density at radius 1 is 1.10 bits per heavy atom. The molecule has 29 heavy (non-hydrogen) atoms. The Morgan fingerprint density at radius 3 is 2.62 bits per heavy atom. The van der Waals surface area contributed by atoms with Gasteiger partial charge in [0, 0.05) is 24.2 Å². The third-order valence-corrected chi connectivity index (χ3v) is 6.27. The molecule has 0 saturated heterocycles. The van der Waals surface area contributed by atoms with E-state index in [4.69, 9.17) is 4.74 Å². The number of ether oxygens (including phenoxy) is 1. The van der Waals surface area contributed by atoms with E-state index < -0.39 is 10.0 Å². The molecular weight excluding hydrogens is 408 g/mol. The molecule has 0 atom stereocenters. The van der Waals surface area contributed by atoms with Crippen LogP contribution in [0.4, 0.5) is 5.82 Å². The molecule has 0 spiro atoms. The van der Waals surface area contributed by atoms with Gasteiger partial charge in [0.2, 0.25) is 0 Å². The van der Waals surface area contributed by atoms with Gasteiger partial charge in [-0.15, -0.1) is 11.3 Å². The number of sulfonamides is 1. The maximum absolute atomic E-state index is 12.6. The average Bonchev–Trinajstić information content (AvgIpc) is 3.35. The van der Waals surface area contributed by atoms with Crippen LogP contribution in [0.5, 0.6) is 11.5 Å². The molecule has 0 amide bonds. The molecule has 2 heterocycles. The highest BCUT2D eigenvalue weighted by Gasteiger charge is 2.17. The van der Waals surface area contributed by atoms with Gasteiger partial charge in [-0.05, 0) is 48.9 Å². The fourth-order valence-electron chi connectivity index (χ4n) is 2.89. The summed E-state index contributed by atoms with van der Waals surface area (Å²) < 4.78 is 35.5. The first-order valence-corrected chi connectivity index (χ1v) is 11.1. The van der Waals surface area contributed by atoms with Gasteiger partial charge in [0.15, 0.2) is 5.82 Å². The van der Waals surface area contributed by atoms with E-state index in [1.54, 1.807) is 33.9 Å². The predicted molar refractivity (Wildman–Crippen MR) is 113 cm³/mol. The zero-order valence-corrected chi connectivity index (χ0v) is 17.4. The van der Waals surface area contributed by atoms with E-state index in [2.05, 4.69) is 14.8 Å². The molecule has 1 N–H and O–H groups in total. The minimum atomic E-state index is -3.72. The SMILES string of the molecule is Cc1cc(S(=O)(=O)Nc2cscn2)ccc1Oc1ccccc1-c1ccnn1C. The van der Waals surface area contributed by atoms with Gasteiger partial charge in [-0.2, -0.15) is 5.10 Å². The smallest absolute Gasteiger partial charge is 0.263 e. The lowest BCUT2D eigenvalue weighted by Gasteiger charge is -2.14. The fourth-order valence-corrected chi connectivity index (χ4v) is 4.53. The molecule has 2 aromatic carbocycles. The summed E-state index contributed by atoms with van der Waals surface area (Å²) in [5, 5.41) is 5.85. The van der Waals surface area contributed by atoms with Gasteiger partial charge in [0.1, 0.15) is 11.5 Å². The number of hydrogen-bond donors (Lipinski definition) is 1. The Balaban J connectivity index is 1.63. The van der Waals surface area contributed by atoms with Crippen LogP contribution in [0.1, 0.15) is 5.56 Å². The first-order valence-electron chi connectivity index (χ1n) is 8.71. The zero-order valence-electron chi connectivity index (χ0n) is 15.7. The van der Waals surface area contributed by atoms with Crippen molar-refractivity contribution in [1.82, 2.24) is 14.8 Å². The van der Waals surface area contributed by atoms with E-state index in [0.717, 1.165) is 11.3 Å². The Kier molecular flexibility index (Phi) is 5.08. The average molecular weight is 427 g/mol. The number of nitrogens with one attached hydrogen (secondary N) is 1. The highest BCUT2D eigenvalue weighted by atomic mass is 32.2. The molecule has 148 valence electrons. The van der Waals surface area contributed by atoms with E-state index in [9.17, 15) is 8.42 Å². The molecule has 4 aromatic rings. The topological polar surface area (TPSA) is 86.1 Å². The minimum Gasteiger partial charge on any atom is -0.456 e.